The molecule has 0 aromatic heterocycles. The number of carbonyl (C=O) groups is 1. The van der Waals surface area contributed by atoms with E-state index in [0.29, 0.717) is 6.54 Å². The number of amides is 2. The van der Waals surface area contributed by atoms with Gasteiger partial charge in [-0.2, -0.15) is 0 Å². The molecule has 0 unspecified atom stereocenters. The zero-order valence-corrected chi connectivity index (χ0v) is 10.1. The van der Waals surface area contributed by atoms with Crippen LogP contribution in [0.4, 0.5) is 4.79 Å². The number of hydrogen-bond donors (Lipinski definition) is 1. The first-order chi connectivity index (χ1) is 7.77. The Morgan fingerprint density at radius 2 is 1.81 bits per heavy atom. The van der Waals surface area contributed by atoms with Crippen molar-refractivity contribution >= 4 is 6.03 Å². The average Bonchev–Trinajstić information content (AvgIpc) is 2.32. The maximum atomic E-state index is 11.6. The summed E-state index contributed by atoms with van der Waals surface area (Å²) < 4.78 is 0. The number of benzene rings is 1. The van der Waals surface area contributed by atoms with Gasteiger partial charge in [-0.15, -0.1) is 0 Å². The van der Waals surface area contributed by atoms with E-state index >= 15 is 0 Å². The molecular formula is C13H20N2O. The number of rotatable bonds is 5. The van der Waals surface area contributed by atoms with Crippen LogP contribution in [0.5, 0.6) is 0 Å². The van der Waals surface area contributed by atoms with E-state index in [1.165, 1.54) is 5.56 Å². The summed E-state index contributed by atoms with van der Waals surface area (Å²) >= 11 is 0. The lowest BCUT2D eigenvalue weighted by Gasteiger charge is -2.19. The lowest BCUT2D eigenvalue weighted by molar-refractivity contribution is 0.203. The summed E-state index contributed by atoms with van der Waals surface area (Å²) in [6, 6.07) is 10.2. The predicted molar refractivity (Wildman–Crippen MR) is 66.5 cm³/mol. The molecule has 0 atom stereocenters. The van der Waals surface area contributed by atoms with E-state index in [0.717, 1.165) is 19.5 Å². The largest absolute Gasteiger partial charge is 0.338 e. The van der Waals surface area contributed by atoms with Gasteiger partial charge in [0.05, 0.1) is 0 Å². The lowest BCUT2D eigenvalue weighted by Crippen LogP contribution is -2.40. The van der Waals surface area contributed by atoms with E-state index in [9.17, 15) is 4.79 Å². The van der Waals surface area contributed by atoms with Crippen LogP contribution in [0.3, 0.4) is 0 Å². The minimum atomic E-state index is 0.0286. The zero-order chi connectivity index (χ0) is 11.8. The Labute approximate surface area is 97.5 Å². The third kappa shape index (κ3) is 3.93. The van der Waals surface area contributed by atoms with Gasteiger partial charge in [0.15, 0.2) is 0 Å². The summed E-state index contributed by atoms with van der Waals surface area (Å²) in [5.41, 5.74) is 1.25. The quantitative estimate of drug-likeness (QED) is 0.811. The molecule has 16 heavy (non-hydrogen) atoms. The molecule has 1 N–H and O–H groups in total. The van der Waals surface area contributed by atoms with Crippen LogP contribution >= 0.6 is 0 Å². The third-order valence-corrected chi connectivity index (χ3v) is 2.58. The van der Waals surface area contributed by atoms with Crippen LogP contribution in [-0.4, -0.2) is 30.6 Å². The van der Waals surface area contributed by atoms with Gasteiger partial charge < -0.3 is 10.2 Å². The summed E-state index contributed by atoms with van der Waals surface area (Å²) in [5, 5.41) is 2.92. The molecule has 88 valence electrons. The van der Waals surface area contributed by atoms with Crippen LogP contribution in [-0.2, 0) is 6.42 Å². The molecule has 1 aromatic rings. The van der Waals surface area contributed by atoms with Crippen molar-refractivity contribution in [2.45, 2.75) is 20.3 Å². The van der Waals surface area contributed by atoms with Gasteiger partial charge in [-0.3, -0.25) is 0 Å². The summed E-state index contributed by atoms with van der Waals surface area (Å²) in [6.45, 7) is 6.18. The fraction of sp³-hybridized carbons (Fsp3) is 0.462. The minimum Gasteiger partial charge on any atom is -0.338 e. The van der Waals surface area contributed by atoms with Crippen molar-refractivity contribution in [3.63, 3.8) is 0 Å². The second-order valence-electron chi connectivity index (χ2n) is 3.64. The van der Waals surface area contributed by atoms with E-state index in [4.69, 9.17) is 0 Å². The van der Waals surface area contributed by atoms with E-state index in [-0.39, 0.29) is 6.03 Å². The molecule has 0 aliphatic heterocycles. The highest BCUT2D eigenvalue weighted by molar-refractivity contribution is 5.74. The SMILES string of the molecule is CCN(CC)C(=O)NCCc1ccccc1. The molecule has 0 radical (unpaired) electrons. The van der Waals surface area contributed by atoms with Gasteiger partial charge in [0.1, 0.15) is 0 Å². The first-order valence-corrected chi connectivity index (χ1v) is 5.84. The molecule has 0 saturated heterocycles. The Hall–Kier alpha value is -1.51. The second-order valence-corrected chi connectivity index (χ2v) is 3.64. The highest BCUT2D eigenvalue weighted by Gasteiger charge is 2.07. The topological polar surface area (TPSA) is 32.3 Å². The molecule has 2 amide bonds. The van der Waals surface area contributed by atoms with Gasteiger partial charge in [0, 0.05) is 19.6 Å². The first kappa shape index (κ1) is 12.6. The van der Waals surface area contributed by atoms with Crippen molar-refractivity contribution in [3.05, 3.63) is 35.9 Å². The molecule has 3 nitrogen and oxygen atoms in total. The number of nitrogens with one attached hydrogen (secondary N) is 1. The van der Waals surface area contributed by atoms with E-state index in [2.05, 4.69) is 17.4 Å². The average molecular weight is 220 g/mol. The number of nitrogens with zero attached hydrogens (tertiary/aromatic N) is 1. The number of hydrogen-bond acceptors (Lipinski definition) is 1. The van der Waals surface area contributed by atoms with Crippen LogP contribution in [0.1, 0.15) is 19.4 Å². The van der Waals surface area contributed by atoms with Gasteiger partial charge >= 0.3 is 6.03 Å². The number of urea groups is 1. The summed E-state index contributed by atoms with van der Waals surface area (Å²) in [6.07, 6.45) is 0.883. The van der Waals surface area contributed by atoms with Gasteiger partial charge in [-0.1, -0.05) is 30.3 Å². The fourth-order valence-corrected chi connectivity index (χ4v) is 1.58. The van der Waals surface area contributed by atoms with Gasteiger partial charge in [0.2, 0.25) is 0 Å². The lowest BCUT2D eigenvalue weighted by atomic mass is 10.1. The Bertz CT molecular complexity index is 307. The van der Waals surface area contributed by atoms with Crippen LogP contribution in [0.15, 0.2) is 30.3 Å². The Morgan fingerprint density at radius 1 is 1.19 bits per heavy atom. The van der Waals surface area contributed by atoms with E-state index in [1.54, 1.807) is 4.90 Å². The smallest absolute Gasteiger partial charge is 0.317 e. The number of carbonyl (C=O) groups excluding carboxylic acids is 1. The monoisotopic (exact) mass is 220 g/mol. The van der Waals surface area contributed by atoms with Crippen molar-refractivity contribution in [1.82, 2.24) is 10.2 Å². The van der Waals surface area contributed by atoms with E-state index in [1.807, 2.05) is 32.0 Å². The molecule has 0 saturated carbocycles. The Morgan fingerprint density at radius 3 is 2.38 bits per heavy atom. The molecule has 3 heteroatoms. The summed E-state index contributed by atoms with van der Waals surface area (Å²) in [5.74, 6) is 0. The molecule has 0 bridgehead atoms. The normalized spacial score (nSPS) is 9.88. The molecule has 1 rings (SSSR count). The zero-order valence-electron chi connectivity index (χ0n) is 10.1. The van der Waals surface area contributed by atoms with Crippen molar-refractivity contribution in [3.8, 4) is 0 Å². The fourth-order valence-electron chi connectivity index (χ4n) is 1.58. The standard InChI is InChI=1S/C13H20N2O/c1-3-15(4-2)13(16)14-11-10-12-8-6-5-7-9-12/h5-9H,3-4,10-11H2,1-2H3,(H,14,16). The molecule has 0 spiro atoms. The summed E-state index contributed by atoms with van der Waals surface area (Å²) in [4.78, 5) is 13.4. The third-order valence-electron chi connectivity index (χ3n) is 2.58. The summed E-state index contributed by atoms with van der Waals surface area (Å²) in [7, 11) is 0. The molecular weight excluding hydrogens is 200 g/mol. The highest BCUT2D eigenvalue weighted by atomic mass is 16.2. The van der Waals surface area contributed by atoms with Crippen molar-refractivity contribution in [2.24, 2.45) is 0 Å². The van der Waals surface area contributed by atoms with Crippen molar-refractivity contribution in [2.75, 3.05) is 19.6 Å². The molecule has 0 fully saturated rings. The Balaban J connectivity index is 2.28. The predicted octanol–water partition coefficient (Wildman–Crippen LogP) is 2.28. The minimum absolute atomic E-state index is 0.0286. The van der Waals surface area contributed by atoms with Crippen LogP contribution in [0, 0.1) is 0 Å². The van der Waals surface area contributed by atoms with Crippen LogP contribution in [0.25, 0.3) is 0 Å². The molecule has 0 aliphatic carbocycles. The van der Waals surface area contributed by atoms with Gasteiger partial charge in [-0.25, -0.2) is 4.79 Å². The molecule has 0 heterocycles. The molecule has 0 aliphatic rings. The first-order valence-electron chi connectivity index (χ1n) is 5.84. The Kier molecular flexibility index (Phi) is 5.40. The van der Waals surface area contributed by atoms with Crippen molar-refractivity contribution in [1.29, 1.82) is 0 Å². The highest BCUT2D eigenvalue weighted by Crippen LogP contribution is 1.98. The second kappa shape index (κ2) is 6.88. The van der Waals surface area contributed by atoms with E-state index < -0.39 is 0 Å². The van der Waals surface area contributed by atoms with Crippen LogP contribution < -0.4 is 5.32 Å². The molecule has 1 aromatic carbocycles. The van der Waals surface area contributed by atoms with Gasteiger partial charge in [0.25, 0.3) is 0 Å². The van der Waals surface area contributed by atoms with Gasteiger partial charge in [-0.05, 0) is 25.8 Å². The van der Waals surface area contributed by atoms with Crippen LogP contribution in [0.2, 0.25) is 0 Å². The maximum Gasteiger partial charge on any atom is 0.317 e. The maximum absolute atomic E-state index is 11.6. The van der Waals surface area contributed by atoms with Crippen molar-refractivity contribution < 1.29 is 4.79 Å².